The van der Waals surface area contributed by atoms with E-state index in [0.717, 1.165) is 11.8 Å². The van der Waals surface area contributed by atoms with Crippen LogP contribution in [0.2, 0.25) is 0 Å². The van der Waals surface area contributed by atoms with Crippen LogP contribution >= 0.6 is 0 Å². The van der Waals surface area contributed by atoms with Crippen LogP contribution in [0, 0.1) is 0 Å². The number of rotatable bonds is 2. The fourth-order valence-electron chi connectivity index (χ4n) is 1.56. The summed E-state index contributed by atoms with van der Waals surface area (Å²) in [5.41, 5.74) is 1.17. The van der Waals surface area contributed by atoms with Crippen LogP contribution in [-0.4, -0.2) is 12.3 Å². The van der Waals surface area contributed by atoms with Gasteiger partial charge in [0.05, 0.1) is 5.56 Å². The van der Waals surface area contributed by atoms with Crippen LogP contribution in [0.5, 0.6) is 5.75 Å². The first-order valence-electron chi connectivity index (χ1n) is 5.13. The highest BCUT2D eigenvalue weighted by Gasteiger charge is 2.20. The lowest BCUT2D eigenvalue weighted by Crippen LogP contribution is -2.15. The van der Waals surface area contributed by atoms with Crippen LogP contribution in [0.15, 0.2) is 18.2 Å². The van der Waals surface area contributed by atoms with E-state index in [-0.39, 0.29) is 5.41 Å². The zero-order chi connectivity index (χ0) is 12.3. The molecule has 0 saturated carbocycles. The molecule has 0 amide bonds. The van der Waals surface area contributed by atoms with E-state index < -0.39 is 5.97 Å². The summed E-state index contributed by atoms with van der Waals surface area (Å²) in [5, 5.41) is 0. The van der Waals surface area contributed by atoms with E-state index in [4.69, 9.17) is 4.74 Å². The molecular formula is C13H16O3. The van der Waals surface area contributed by atoms with Crippen molar-refractivity contribution in [3.63, 3.8) is 0 Å². The Morgan fingerprint density at radius 3 is 2.38 bits per heavy atom. The Bertz CT molecular complexity index is 414. The van der Waals surface area contributed by atoms with E-state index in [1.165, 1.54) is 6.92 Å². The van der Waals surface area contributed by atoms with E-state index in [2.05, 4.69) is 0 Å². The molecule has 0 unspecified atom stereocenters. The fourth-order valence-corrected chi connectivity index (χ4v) is 1.56. The molecule has 0 fully saturated rings. The Hall–Kier alpha value is -1.64. The first-order valence-corrected chi connectivity index (χ1v) is 5.13. The van der Waals surface area contributed by atoms with E-state index in [9.17, 15) is 9.59 Å². The minimum absolute atomic E-state index is 0.160. The van der Waals surface area contributed by atoms with Crippen molar-refractivity contribution < 1.29 is 14.3 Å². The molecule has 0 aliphatic heterocycles. The first kappa shape index (κ1) is 12.4. The van der Waals surface area contributed by atoms with Crippen molar-refractivity contribution in [1.82, 2.24) is 0 Å². The summed E-state index contributed by atoms with van der Waals surface area (Å²) in [6.07, 6.45) is 0.735. The highest BCUT2D eigenvalue weighted by atomic mass is 16.5. The van der Waals surface area contributed by atoms with Crippen molar-refractivity contribution in [2.75, 3.05) is 0 Å². The molecule has 0 aliphatic rings. The quantitative estimate of drug-likeness (QED) is 0.437. The number of esters is 1. The van der Waals surface area contributed by atoms with Gasteiger partial charge in [0.25, 0.3) is 0 Å². The van der Waals surface area contributed by atoms with Gasteiger partial charge in [0.15, 0.2) is 6.29 Å². The Kier molecular flexibility index (Phi) is 3.48. The standard InChI is InChI=1S/C13H16O3/c1-9(15)16-12-7-5-6-11(10(12)8-14)13(2,3)4/h5-8H,1-4H3. The van der Waals surface area contributed by atoms with Crippen LogP contribution < -0.4 is 4.74 Å². The summed E-state index contributed by atoms with van der Waals surface area (Å²) in [6.45, 7) is 7.34. The largest absolute Gasteiger partial charge is 0.426 e. The summed E-state index contributed by atoms with van der Waals surface area (Å²) < 4.78 is 5.00. The SMILES string of the molecule is CC(=O)Oc1cccc(C(C)(C)C)c1C=O. The minimum atomic E-state index is -0.422. The maximum atomic E-state index is 11.1. The molecule has 3 heteroatoms. The van der Waals surface area contributed by atoms with Gasteiger partial charge in [-0.15, -0.1) is 0 Å². The van der Waals surface area contributed by atoms with Crippen LogP contribution in [0.1, 0.15) is 43.6 Å². The van der Waals surface area contributed by atoms with E-state index in [0.29, 0.717) is 11.3 Å². The molecule has 0 N–H and O–H groups in total. The number of carbonyl (C=O) groups excluding carboxylic acids is 2. The summed E-state index contributed by atoms with van der Waals surface area (Å²) in [7, 11) is 0. The molecule has 3 nitrogen and oxygen atoms in total. The number of carbonyl (C=O) groups is 2. The summed E-state index contributed by atoms with van der Waals surface area (Å²) >= 11 is 0. The number of benzene rings is 1. The van der Waals surface area contributed by atoms with Crippen molar-refractivity contribution in [3.8, 4) is 5.75 Å². The summed E-state index contributed by atoms with van der Waals surface area (Å²) in [6, 6.07) is 5.28. The zero-order valence-electron chi connectivity index (χ0n) is 10.0. The number of hydrogen-bond acceptors (Lipinski definition) is 3. The maximum Gasteiger partial charge on any atom is 0.308 e. The van der Waals surface area contributed by atoms with E-state index in [1.807, 2.05) is 26.8 Å². The lowest BCUT2D eigenvalue weighted by atomic mass is 9.84. The summed E-state index contributed by atoms with van der Waals surface area (Å²) in [5.74, 6) is -0.0934. The fraction of sp³-hybridized carbons (Fsp3) is 0.385. The van der Waals surface area contributed by atoms with Crippen molar-refractivity contribution in [2.45, 2.75) is 33.1 Å². The van der Waals surface area contributed by atoms with Gasteiger partial charge in [0, 0.05) is 6.92 Å². The predicted molar refractivity (Wildman–Crippen MR) is 61.8 cm³/mol. The van der Waals surface area contributed by atoms with Crippen molar-refractivity contribution in [2.24, 2.45) is 0 Å². The second-order valence-electron chi connectivity index (χ2n) is 4.68. The highest BCUT2D eigenvalue weighted by Crippen LogP contribution is 2.30. The second-order valence-corrected chi connectivity index (χ2v) is 4.68. The molecule has 0 radical (unpaired) electrons. The van der Waals surface area contributed by atoms with Gasteiger partial charge in [-0.05, 0) is 17.0 Å². The summed E-state index contributed by atoms with van der Waals surface area (Å²) in [4.78, 5) is 22.0. The number of aldehydes is 1. The van der Waals surface area contributed by atoms with Gasteiger partial charge in [-0.3, -0.25) is 9.59 Å². The molecule has 0 heterocycles. The maximum absolute atomic E-state index is 11.1. The molecule has 0 aromatic heterocycles. The lowest BCUT2D eigenvalue weighted by Gasteiger charge is -2.22. The molecule has 1 aromatic carbocycles. The van der Waals surface area contributed by atoms with Gasteiger partial charge in [0.1, 0.15) is 5.75 Å². The Morgan fingerprint density at radius 2 is 1.94 bits per heavy atom. The number of ether oxygens (including phenoxy) is 1. The Morgan fingerprint density at radius 1 is 1.31 bits per heavy atom. The smallest absolute Gasteiger partial charge is 0.308 e. The van der Waals surface area contributed by atoms with Gasteiger partial charge in [-0.1, -0.05) is 32.9 Å². The number of hydrogen-bond donors (Lipinski definition) is 0. The van der Waals surface area contributed by atoms with E-state index >= 15 is 0 Å². The lowest BCUT2D eigenvalue weighted by molar-refractivity contribution is -0.131. The second kappa shape index (κ2) is 4.47. The molecule has 1 aromatic rings. The van der Waals surface area contributed by atoms with Gasteiger partial charge < -0.3 is 4.74 Å². The molecule has 0 spiro atoms. The van der Waals surface area contributed by atoms with Crippen LogP contribution in [0.3, 0.4) is 0 Å². The average Bonchev–Trinajstić information content (AvgIpc) is 2.15. The van der Waals surface area contributed by atoms with Crippen LogP contribution in [-0.2, 0) is 10.2 Å². The minimum Gasteiger partial charge on any atom is -0.426 e. The highest BCUT2D eigenvalue weighted by molar-refractivity contribution is 5.84. The average molecular weight is 220 g/mol. The zero-order valence-corrected chi connectivity index (χ0v) is 10.0. The molecule has 16 heavy (non-hydrogen) atoms. The molecule has 0 saturated heterocycles. The van der Waals surface area contributed by atoms with Crippen LogP contribution in [0.25, 0.3) is 0 Å². The molecule has 1 rings (SSSR count). The van der Waals surface area contributed by atoms with Gasteiger partial charge in [0.2, 0.25) is 0 Å². The Labute approximate surface area is 95.4 Å². The third-order valence-corrected chi connectivity index (χ3v) is 2.25. The van der Waals surface area contributed by atoms with Crippen molar-refractivity contribution in [3.05, 3.63) is 29.3 Å². The molecule has 0 atom stereocenters. The van der Waals surface area contributed by atoms with Crippen molar-refractivity contribution in [1.29, 1.82) is 0 Å². The van der Waals surface area contributed by atoms with Gasteiger partial charge in [-0.2, -0.15) is 0 Å². The molecule has 0 aliphatic carbocycles. The molecular weight excluding hydrogens is 204 g/mol. The Balaban J connectivity index is 3.32. The predicted octanol–water partition coefficient (Wildman–Crippen LogP) is 2.72. The van der Waals surface area contributed by atoms with E-state index in [1.54, 1.807) is 12.1 Å². The molecule has 86 valence electrons. The molecule has 0 bridgehead atoms. The third-order valence-electron chi connectivity index (χ3n) is 2.25. The first-order chi connectivity index (χ1) is 7.36. The van der Waals surface area contributed by atoms with Crippen LogP contribution in [0.4, 0.5) is 0 Å². The normalized spacial score (nSPS) is 11.0. The monoisotopic (exact) mass is 220 g/mol. The van der Waals surface area contributed by atoms with Gasteiger partial charge in [-0.25, -0.2) is 0 Å². The third kappa shape index (κ3) is 2.69. The van der Waals surface area contributed by atoms with Crippen molar-refractivity contribution >= 4 is 12.3 Å². The topological polar surface area (TPSA) is 43.4 Å². The van der Waals surface area contributed by atoms with Gasteiger partial charge >= 0.3 is 5.97 Å².